The zero-order valence-electron chi connectivity index (χ0n) is 13.2. The van der Waals surface area contributed by atoms with Gasteiger partial charge in [0.05, 0.1) is 30.6 Å². The second kappa shape index (κ2) is 7.87. The molecule has 0 aromatic carbocycles. The van der Waals surface area contributed by atoms with Crippen LogP contribution in [0, 0.1) is 11.3 Å². The number of aryl methyl sites for hydroxylation is 1. The van der Waals surface area contributed by atoms with Gasteiger partial charge in [-0.1, -0.05) is 6.07 Å². The number of nitriles is 1. The zero-order valence-corrected chi connectivity index (χ0v) is 13.2. The van der Waals surface area contributed by atoms with Crippen LogP contribution >= 0.6 is 0 Å². The highest BCUT2D eigenvalue weighted by Gasteiger charge is 2.09. The summed E-state index contributed by atoms with van der Waals surface area (Å²) in [6.07, 6.45) is 6.35. The molecule has 0 amide bonds. The fourth-order valence-corrected chi connectivity index (χ4v) is 2.33. The van der Waals surface area contributed by atoms with Crippen LogP contribution in [0.15, 0.2) is 36.9 Å². The molecule has 0 fully saturated rings. The number of fused-ring (bicyclic) bond motifs is 1. The summed E-state index contributed by atoms with van der Waals surface area (Å²) < 4.78 is 1.73. The molecule has 2 N–H and O–H groups in total. The van der Waals surface area contributed by atoms with E-state index < -0.39 is 0 Å². The van der Waals surface area contributed by atoms with E-state index in [4.69, 9.17) is 5.26 Å². The Hall–Kier alpha value is -3.21. The van der Waals surface area contributed by atoms with Crippen LogP contribution in [0.25, 0.3) is 11.0 Å². The number of aromatic nitrogens is 5. The van der Waals surface area contributed by atoms with Crippen molar-refractivity contribution >= 4 is 22.7 Å². The van der Waals surface area contributed by atoms with Gasteiger partial charge in [0.25, 0.3) is 0 Å². The number of hydrogen-bond acceptors (Lipinski definition) is 7. The van der Waals surface area contributed by atoms with Crippen molar-refractivity contribution in [1.82, 2.24) is 24.7 Å². The van der Waals surface area contributed by atoms with E-state index in [-0.39, 0.29) is 0 Å². The van der Waals surface area contributed by atoms with Gasteiger partial charge in [0.1, 0.15) is 18.0 Å². The molecule has 0 aliphatic heterocycles. The minimum Gasteiger partial charge on any atom is -0.370 e. The summed E-state index contributed by atoms with van der Waals surface area (Å²) in [6.45, 7) is 2.12. The topological polar surface area (TPSA) is 104 Å². The SMILES string of the molecule is N#CCCn1ncc2c(NCCCNc3ccccn3)ncnc21. The summed E-state index contributed by atoms with van der Waals surface area (Å²) in [7, 11) is 0. The smallest absolute Gasteiger partial charge is 0.163 e. The van der Waals surface area contributed by atoms with Crippen LogP contribution in [0.3, 0.4) is 0 Å². The Morgan fingerprint density at radius 1 is 1.12 bits per heavy atom. The van der Waals surface area contributed by atoms with E-state index in [2.05, 4.69) is 36.8 Å². The number of hydrogen-bond donors (Lipinski definition) is 2. The predicted molar refractivity (Wildman–Crippen MR) is 91.4 cm³/mol. The van der Waals surface area contributed by atoms with Gasteiger partial charge in [-0.05, 0) is 18.6 Å². The summed E-state index contributed by atoms with van der Waals surface area (Å²) >= 11 is 0. The highest BCUT2D eigenvalue weighted by molar-refractivity contribution is 5.85. The van der Waals surface area contributed by atoms with Gasteiger partial charge < -0.3 is 10.6 Å². The maximum atomic E-state index is 8.69. The van der Waals surface area contributed by atoms with Crippen molar-refractivity contribution in [2.45, 2.75) is 19.4 Å². The summed E-state index contributed by atoms with van der Waals surface area (Å²) in [5, 5.41) is 20.4. The molecule has 24 heavy (non-hydrogen) atoms. The van der Waals surface area contributed by atoms with Crippen molar-refractivity contribution < 1.29 is 0 Å². The molecule has 3 heterocycles. The van der Waals surface area contributed by atoms with Crippen molar-refractivity contribution in [2.24, 2.45) is 0 Å². The maximum absolute atomic E-state index is 8.69. The molecule has 8 heteroatoms. The monoisotopic (exact) mass is 322 g/mol. The lowest BCUT2D eigenvalue weighted by molar-refractivity contribution is 0.643. The molecule has 0 aliphatic rings. The van der Waals surface area contributed by atoms with E-state index in [1.807, 2.05) is 18.2 Å². The first kappa shape index (κ1) is 15.7. The highest BCUT2D eigenvalue weighted by Crippen LogP contribution is 2.18. The Balaban J connectivity index is 1.54. The molecule has 3 rings (SSSR count). The van der Waals surface area contributed by atoms with E-state index in [9.17, 15) is 0 Å². The van der Waals surface area contributed by atoms with Crippen LogP contribution < -0.4 is 10.6 Å². The highest BCUT2D eigenvalue weighted by atomic mass is 15.3. The molecular formula is C16H18N8. The Morgan fingerprint density at radius 3 is 2.88 bits per heavy atom. The lowest BCUT2D eigenvalue weighted by atomic mass is 10.3. The first-order valence-corrected chi connectivity index (χ1v) is 7.81. The molecule has 0 spiro atoms. The van der Waals surface area contributed by atoms with Gasteiger partial charge in [-0.3, -0.25) is 0 Å². The van der Waals surface area contributed by atoms with Crippen molar-refractivity contribution in [2.75, 3.05) is 23.7 Å². The van der Waals surface area contributed by atoms with Crippen LogP contribution in [0.5, 0.6) is 0 Å². The third kappa shape index (κ3) is 3.76. The van der Waals surface area contributed by atoms with Gasteiger partial charge in [0, 0.05) is 19.3 Å². The predicted octanol–water partition coefficient (Wildman–Crippen LogP) is 2.05. The third-order valence-electron chi connectivity index (χ3n) is 3.49. The summed E-state index contributed by atoms with van der Waals surface area (Å²) in [4.78, 5) is 12.8. The summed E-state index contributed by atoms with van der Waals surface area (Å²) in [5.41, 5.74) is 0.745. The largest absolute Gasteiger partial charge is 0.370 e. The van der Waals surface area contributed by atoms with E-state index >= 15 is 0 Å². The van der Waals surface area contributed by atoms with Crippen molar-refractivity contribution in [3.8, 4) is 6.07 Å². The summed E-state index contributed by atoms with van der Waals surface area (Å²) in [6, 6.07) is 7.90. The maximum Gasteiger partial charge on any atom is 0.163 e. The van der Waals surface area contributed by atoms with E-state index in [1.165, 1.54) is 6.33 Å². The van der Waals surface area contributed by atoms with Crippen molar-refractivity contribution in [3.05, 3.63) is 36.9 Å². The van der Waals surface area contributed by atoms with Crippen LogP contribution in [0.4, 0.5) is 11.6 Å². The molecule has 0 unspecified atom stereocenters. The Morgan fingerprint density at radius 2 is 2.04 bits per heavy atom. The van der Waals surface area contributed by atoms with Crippen LogP contribution in [0.1, 0.15) is 12.8 Å². The van der Waals surface area contributed by atoms with E-state index in [1.54, 1.807) is 17.1 Å². The molecule has 3 aromatic heterocycles. The second-order valence-electron chi connectivity index (χ2n) is 5.16. The standard InChI is InChI=1S/C16H18N8/c17-6-3-10-24-16-13(11-23-24)15(21-12-22-16)20-9-4-8-19-14-5-1-2-7-18-14/h1-2,5,7,11-12H,3-4,8-10H2,(H,18,19)(H,20,21,22). The minimum atomic E-state index is 0.405. The Labute approximate surface area is 139 Å². The lowest BCUT2D eigenvalue weighted by Crippen LogP contribution is -2.10. The normalized spacial score (nSPS) is 10.5. The van der Waals surface area contributed by atoms with Gasteiger partial charge in [-0.15, -0.1) is 0 Å². The van der Waals surface area contributed by atoms with E-state index in [0.717, 1.165) is 42.2 Å². The molecular weight excluding hydrogens is 304 g/mol. The first-order valence-electron chi connectivity index (χ1n) is 7.81. The molecule has 0 saturated carbocycles. The molecule has 8 nitrogen and oxygen atoms in total. The van der Waals surface area contributed by atoms with Gasteiger partial charge in [0.15, 0.2) is 5.65 Å². The van der Waals surface area contributed by atoms with E-state index in [0.29, 0.717) is 13.0 Å². The molecule has 0 saturated heterocycles. The molecule has 0 radical (unpaired) electrons. The Bertz CT molecular complexity index is 821. The number of nitrogens with one attached hydrogen (secondary N) is 2. The third-order valence-corrected chi connectivity index (χ3v) is 3.49. The molecule has 0 bridgehead atoms. The van der Waals surface area contributed by atoms with Crippen molar-refractivity contribution in [3.63, 3.8) is 0 Å². The fourth-order valence-electron chi connectivity index (χ4n) is 2.33. The van der Waals surface area contributed by atoms with Crippen molar-refractivity contribution in [1.29, 1.82) is 5.26 Å². The zero-order chi connectivity index (χ0) is 16.6. The van der Waals surface area contributed by atoms with Crippen LogP contribution in [-0.4, -0.2) is 37.8 Å². The van der Waals surface area contributed by atoms with Gasteiger partial charge in [0.2, 0.25) is 0 Å². The fraction of sp³-hybridized carbons (Fsp3) is 0.312. The number of rotatable bonds is 8. The average Bonchev–Trinajstić information content (AvgIpc) is 3.04. The lowest BCUT2D eigenvalue weighted by Gasteiger charge is -2.08. The molecule has 0 aliphatic carbocycles. The quantitative estimate of drug-likeness (QED) is 0.611. The molecule has 3 aromatic rings. The van der Waals surface area contributed by atoms with Gasteiger partial charge in [-0.25, -0.2) is 19.6 Å². The second-order valence-corrected chi connectivity index (χ2v) is 5.16. The number of pyridine rings is 1. The summed E-state index contributed by atoms with van der Waals surface area (Å²) in [5.74, 6) is 1.64. The minimum absolute atomic E-state index is 0.405. The number of anilines is 2. The number of nitrogens with zero attached hydrogens (tertiary/aromatic N) is 6. The van der Waals surface area contributed by atoms with Crippen LogP contribution in [0.2, 0.25) is 0 Å². The Kier molecular flexibility index (Phi) is 5.14. The molecule has 0 atom stereocenters. The average molecular weight is 322 g/mol. The van der Waals surface area contributed by atoms with Crippen LogP contribution in [-0.2, 0) is 6.54 Å². The molecule has 122 valence electrons. The first-order chi connectivity index (χ1) is 11.9. The van der Waals surface area contributed by atoms with Gasteiger partial charge in [-0.2, -0.15) is 10.4 Å². The van der Waals surface area contributed by atoms with Gasteiger partial charge >= 0.3 is 0 Å².